The Bertz CT molecular complexity index is 465. The quantitative estimate of drug-likeness (QED) is 0.548. The molecule has 1 unspecified atom stereocenters. The van der Waals surface area contributed by atoms with E-state index in [9.17, 15) is 14.4 Å². The molecule has 1 aliphatic heterocycles. The number of nitrogens with zero attached hydrogens (tertiary/aromatic N) is 1. The fourth-order valence-electron chi connectivity index (χ4n) is 2.79. The zero-order valence-electron chi connectivity index (χ0n) is 15.2. The maximum atomic E-state index is 12.6. The summed E-state index contributed by atoms with van der Waals surface area (Å²) in [6.07, 6.45) is 0.186. The van der Waals surface area contributed by atoms with Gasteiger partial charge in [0.1, 0.15) is 0 Å². The monoisotopic (exact) mass is 342 g/mol. The molecule has 0 aliphatic carbocycles. The highest BCUT2D eigenvalue weighted by Gasteiger charge is 2.47. The van der Waals surface area contributed by atoms with E-state index in [4.69, 9.17) is 9.26 Å². The van der Waals surface area contributed by atoms with E-state index < -0.39 is 32.2 Å². The van der Waals surface area contributed by atoms with Crippen molar-refractivity contribution in [3.05, 3.63) is 0 Å². The first kappa shape index (κ1) is 19.8. The normalized spacial score (nSPS) is 17.8. The Balaban J connectivity index is 2.92. The van der Waals surface area contributed by atoms with Gasteiger partial charge in [0, 0.05) is 25.4 Å². The minimum Gasteiger partial charge on any atom is -0.417 e. The minimum atomic E-state index is -0.890. The second kappa shape index (κ2) is 7.13. The Labute approximate surface area is 140 Å². The van der Waals surface area contributed by atoms with E-state index in [-0.39, 0.29) is 24.2 Å². The van der Waals surface area contributed by atoms with Gasteiger partial charge < -0.3 is 9.26 Å². The predicted octanol–water partition coefficient (Wildman–Crippen LogP) is 2.55. The van der Waals surface area contributed by atoms with E-state index in [1.807, 2.05) is 33.9 Å². The molecule has 1 aliphatic rings. The maximum absolute atomic E-state index is 12.6. The van der Waals surface area contributed by atoms with Crippen LogP contribution < -0.4 is 0 Å². The predicted molar refractivity (Wildman–Crippen MR) is 87.3 cm³/mol. The molecule has 7 heteroatoms. The highest BCUT2D eigenvalue weighted by atomic mass is 28.3. The van der Waals surface area contributed by atoms with Crippen LogP contribution in [0.15, 0.2) is 0 Å². The summed E-state index contributed by atoms with van der Waals surface area (Å²) < 4.78 is 5.83. The molecule has 0 bridgehead atoms. The summed E-state index contributed by atoms with van der Waals surface area (Å²) in [6, 6.07) is 0. The third-order valence-electron chi connectivity index (χ3n) is 4.16. The summed E-state index contributed by atoms with van der Waals surface area (Å²) in [6.45, 7) is 14.2. The van der Waals surface area contributed by atoms with Crippen LogP contribution in [0, 0.1) is 16.7 Å². The molecule has 0 N–H and O–H groups in total. The molecule has 0 aromatic rings. The van der Waals surface area contributed by atoms with Crippen molar-refractivity contribution in [1.82, 2.24) is 5.06 Å². The number of hydrogen-bond acceptors (Lipinski definition) is 5. The van der Waals surface area contributed by atoms with Crippen LogP contribution in [0.5, 0.6) is 0 Å². The third kappa shape index (κ3) is 4.88. The molecule has 0 aromatic heterocycles. The van der Waals surface area contributed by atoms with Gasteiger partial charge in [-0.15, -0.1) is 5.06 Å². The summed E-state index contributed by atoms with van der Waals surface area (Å²) >= 11 is 0. The molecule has 1 heterocycles. The lowest BCUT2D eigenvalue weighted by Gasteiger charge is -2.41. The van der Waals surface area contributed by atoms with Crippen LogP contribution in [0.3, 0.4) is 0 Å². The summed E-state index contributed by atoms with van der Waals surface area (Å²) in [5.41, 5.74) is -1.09. The Hall–Kier alpha value is -1.21. The number of amides is 2. The Morgan fingerprint density at radius 1 is 1.13 bits per heavy atom. The zero-order valence-corrected chi connectivity index (χ0v) is 16.2. The number of hydroxylamine groups is 2. The lowest BCUT2D eigenvalue weighted by Crippen LogP contribution is -2.47. The lowest BCUT2D eigenvalue weighted by molar-refractivity contribution is -0.208. The average molecular weight is 342 g/mol. The fraction of sp³-hybridized carbons (Fsp3) is 0.812. The van der Waals surface area contributed by atoms with E-state index in [0.29, 0.717) is 11.7 Å². The molecular weight excluding hydrogens is 314 g/mol. The fourth-order valence-corrected chi connectivity index (χ4v) is 3.29. The number of carbonyl (C=O) groups is 3. The molecule has 23 heavy (non-hydrogen) atoms. The van der Waals surface area contributed by atoms with Crippen molar-refractivity contribution in [1.29, 1.82) is 0 Å². The molecule has 0 spiro atoms. The van der Waals surface area contributed by atoms with E-state index in [2.05, 4.69) is 0 Å². The van der Waals surface area contributed by atoms with Crippen LogP contribution >= 0.6 is 0 Å². The van der Waals surface area contributed by atoms with Gasteiger partial charge in [-0.3, -0.25) is 9.59 Å². The van der Waals surface area contributed by atoms with Crippen molar-refractivity contribution < 1.29 is 23.6 Å². The molecule has 1 atom stereocenters. The second-order valence-corrected chi connectivity index (χ2v) is 9.93. The molecule has 131 valence electrons. The zero-order chi connectivity index (χ0) is 18.0. The first-order valence-corrected chi connectivity index (χ1v) is 10.3. The maximum Gasteiger partial charge on any atom is 0.339 e. The number of carbonyl (C=O) groups excluding carboxylic acids is 3. The van der Waals surface area contributed by atoms with E-state index in [0.717, 1.165) is 0 Å². The molecule has 0 aromatic carbocycles. The van der Waals surface area contributed by atoms with Crippen LogP contribution in [-0.2, 0) is 23.6 Å². The van der Waals surface area contributed by atoms with Gasteiger partial charge in [0.15, 0.2) is 0 Å². The highest BCUT2D eigenvalue weighted by Crippen LogP contribution is 2.41. The van der Waals surface area contributed by atoms with Crippen LogP contribution in [-0.4, -0.2) is 38.5 Å². The first-order valence-electron chi connectivity index (χ1n) is 7.88. The smallest absolute Gasteiger partial charge is 0.339 e. The first-order chi connectivity index (χ1) is 10.4. The lowest BCUT2D eigenvalue weighted by atomic mass is 9.66. The number of imide groups is 1. The molecule has 2 amide bonds. The summed E-state index contributed by atoms with van der Waals surface area (Å²) in [5.74, 6) is -1.62. The van der Waals surface area contributed by atoms with E-state index >= 15 is 0 Å². The van der Waals surface area contributed by atoms with Crippen molar-refractivity contribution in [3.63, 3.8) is 0 Å². The molecule has 1 rings (SSSR count). The van der Waals surface area contributed by atoms with Crippen molar-refractivity contribution >= 4 is 26.8 Å². The van der Waals surface area contributed by atoms with E-state index in [1.165, 1.54) is 0 Å². The van der Waals surface area contributed by atoms with Gasteiger partial charge in [-0.2, -0.15) is 0 Å². The van der Waals surface area contributed by atoms with Crippen LogP contribution in [0.1, 0.15) is 47.5 Å². The van der Waals surface area contributed by atoms with Crippen molar-refractivity contribution in [2.24, 2.45) is 16.7 Å². The molecule has 1 fully saturated rings. The SMILES string of the molecule is C[Si](C)OCC(C(C)(C)C)C(C)(C)C(=O)ON1C(=O)CCC1=O. The van der Waals surface area contributed by atoms with Crippen molar-refractivity contribution in [2.45, 2.75) is 60.6 Å². The standard InChI is InChI=1S/C16H28NO5Si/c1-15(2,3)11(10-21-23(6)7)16(4,5)14(20)22-17-12(18)8-9-13(17)19/h11H,8-10H2,1-7H3. The molecule has 6 nitrogen and oxygen atoms in total. The minimum absolute atomic E-state index is 0.0931. The summed E-state index contributed by atoms with van der Waals surface area (Å²) in [7, 11) is -0.884. The largest absolute Gasteiger partial charge is 0.417 e. The van der Waals surface area contributed by atoms with Gasteiger partial charge >= 0.3 is 5.97 Å². The molecule has 0 saturated carbocycles. The molecule has 1 saturated heterocycles. The van der Waals surface area contributed by atoms with Gasteiger partial charge in [-0.1, -0.05) is 20.8 Å². The van der Waals surface area contributed by atoms with Crippen LogP contribution in [0.2, 0.25) is 13.1 Å². The van der Waals surface area contributed by atoms with Gasteiger partial charge in [0.2, 0.25) is 9.04 Å². The van der Waals surface area contributed by atoms with Crippen LogP contribution in [0.4, 0.5) is 0 Å². The average Bonchev–Trinajstić information content (AvgIpc) is 2.68. The second-order valence-electron chi connectivity index (χ2n) is 7.82. The summed E-state index contributed by atoms with van der Waals surface area (Å²) in [4.78, 5) is 41.0. The van der Waals surface area contributed by atoms with Gasteiger partial charge in [0.25, 0.3) is 11.8 Å². The van der Waals surface area contributed by atoms with Gasteiger partial charge in [0.05, 0.1) is 5.41 Å². The van der Waals surface area contributed by atoms with Gasteiger partial charge in [-0.25, -0.2) is 4.79 Å². The van der Waals surface area contributed by atoms with Gasteiger partial charge in [-0.05, 0) is 32.4 Å². The Kier molecular flexibility index (Phi) is 6.15. The summed E-state index contributed by atoms with van der Waals surface area (Å²) in [5, 5.41) is 0.611. The van der Waals surface area contributed by atoms with Crippen molar-refractivity contribution in [3.8, 4) is 0 Å². The number of rotatable bonds is 6. The highest BCUT2D eigenvalue weighted by molar-refractivity contribution is 6.48. The van der Waals surface area contributed by atoms with Crippen molar-refractivity contribution in [2.75, 3.05) is 6.61 Å². The third-order valence-corrected chi connectivity index (χ3v) is 4.91. The Morgan fingerprint density at radius 3 is 2.00 bits per heavy atom. The Morgan fingerprint density at radius 2 is 1.61 bits per heavy atom. The topological polar surface area (TPSA) is 72.9 Å². The number of hydrogen-bond donors (Lipinski definition) is 0. The van der Waals surface area contributed by atoms with E-state index in [1.54, 1.807) is 13.8 Å². The molecular formula is C16H28NO5Si. The van der Waals surface area contributed by atoms with Crippen LogP contribution in [0.25, 0.3) is 0 Å². The molecule has 1 radical (unpaired) electrons.